The van der Waals surface area contributed by atoms with Crippen LogP contribution in [0, 0.1) is 0 Å². The van der Waals surface area contributed by atoms with Crippen LogP contribution in [0.15, 0.2) is 18.6 Å². The van der Waals surface area contributed by atoms with Crippen molar-refractivity contribution in [1.29, 1.82) is 0 Å². The summed E-state index contributed by atoms with van der Waals surface area (Å²) in [5.74, 6) is 0.312. The van der Waals surface area contributed by atoms with Gasteiger partial charge in [-0.3, -0.25) is 4.79 Å². The molecule has 0 bridgehead atoms. The summed E-state index contributed by atoms with van der Waals surface area (Å²) < 4.78 is 0. The van der Waals surface area contributed by atoms with Crippen molar-refractivity contribution in [2.24, 2.45) is 0 Å². The van der Waals surface area contributed by atoms with Crippen LogP contribution in [-0.4, -0.2) is 21.9 Å². The molecule has 1 amide bonds. The van der Waals surface area contributed by atoms with Crippen molar-refractivity contribution >= 4 is 5.91 Å². The second kappa shape index (κ2) is 3.12. The first-order valence-corrected chi connectivity index (χ1v) is 4.32. The normalized spacial score (nSPS) is 27.3. The third kappa shape index (κ3) is 1.52. The van der Waals surface area contributed by atoms with Crippen LogP contribution in [0.25, 0.3) is 0 Å². The van der Waals surface area contributed by atoms with E-state index in [4.69, 9.17) is 0 Å². The van der Waals surface area contributed by atoms with Gasteiger partial charge in [0.05, 0.1) is 0 Å². The largest absolute Gasteiger partial charge is 0.353 e. The van der Waals surface area contributed by atoms with Crippen LogP contribution in [0.2, 0.25) is 0 Å². The van der Waals surface area contributed by atoms with E-state index in [0.29, 0.717) is 6.42 Å². The maximum Gasteiger partial charge on any atom is 0.220 e. The number of hydrogen-bond acceptors (Lipinski definition) is 3. The summed E-state index contributed by atoms with van der Waals surface area (Å²) in [5, 5.41) is 2.87. The van der Waals surface area contributed by atoms with E-state index in [0.717, 1.165) is 5.69 Å². The molecule has 1 aliphatic heterocycles. The summed E-state index contributed by atoms with van der Waals surface area (Å²) in [5.41, 5.74) is 0.945. The molecule has 68 valence electrons. The SMILES string of the molecule is CC1NC(=O)CC1c1ccncn1. The molecule has 4 nitrogen and oxygen atoms in total. The highest BCUT2D eigenvalue weighted by Crippen LogP contribution is 2.25. The van der Waals surface area contributed by atoms with E-state index in [1.165, 1.54) is 6.33 Å². The molecule has 1 aliphatic rings. The standard InChI is InChI=1S/C9H11N3O/c1-6-7(4-9(13)12-6)8-2-3-10-5-11-8/h2-3,5-7H,4H2,1H3,(H,12,13). The summed E-state index contributed by atoms with van der Waals surface area (Å²) in [6.45, 7) is 2.00. The summed E-state index contributed by atoms with van der Waals surface area (Å²) in [4.78, 5) is 19.1. The summed E-state index contributed by atoms with van der Waals surface area (Å²) in [6.07, 6.45) is 3.76. The molecule has 0 saturated carbocycles. The van der Waals surface area contributed by atoms with Gasteiger partial charge in [-0.15, -0.1) is 0 Å². The highest BCUT2D eigenvalue weighted by atomic mass is 16.1. The molecule has 2 heterocycles. The lowest BCUT2D eigenvalue weighted by Gasteiger charge is -2.12. The Morgan fingerprint density at radius 3 is 3.00 bits per heavy atom. The zero-order chi connectivity index (χ0) is 9.26. The van der Waals surface area contributed by atoms with E-state index in [1.54, 1.807) is 6.20 Å². The Morgan fingerprint density at radius 1 is 1.62 bits per heavy atom. The van der Waals surface area contributed by atoms with E-state index < -0.39 is 0 Å². The summed E-state index contributed by atoms with van der Waals surface area (Å²) in [7, 11) is 0. The maximum absolute atomic E-state index is 11.1. The van der Waals surface area contributed by atoms with Crippen LogP contribution in [0.5, 0.6) is 0 Å². The average molecular weight is 177 g/mol. The minimum atomic E-state index is 0.108. The Morgan fingerprint density at radius 2 is 2.46 bits per heavy atom. The molecule has 1 fully saturated rings. The van der Waals surface area contributed by atoms with Gasteiger partial charge in [0, 0.05) is 30.3 Å². The fraction of sp³-hybridized carbons (Fsp3) is 0.444. The van der Waals surface area contributed by atoms with Gasteiger partial charge in [0.2, 0.25) is 5.91 Å². The Bertz CT molecular complexity index is 312. The molecular weight excluding hydrogens is 166 g/mol. The third-order valence-corrected chi connectivity index (χ3v) is 2.38. The van der Waals surface area contributed by atoms with E-state index in [2.05, 4.69) is 15.3 Å². The predicted octanol–water partition coefficient (Wildman–Crippen LogP) is 0.469. The molecule has 0 aliphatic carbocycles. The molecule has 1 N–H and O–H groups in total. The molecule has 2 unspecified atom stereocenters. The Labute approximate surface area is 76.4 Å². The number of carbonyl (C=O) groups is 1. The van der Waals surface area contributed by atoms with Gasteiger partial charge in [-0.05, 0) is 13.0 Å². The monoisotopic (exact) mass is 177 g/mol. The lowest BCUT2D eigenvalue weighted by molar-refractivity contribution is -0.119. The number of hydrogen-bond donors (Lipinski definition) is 1. The zero-order valence-corrected chi connectivity index (χ0v) is 7.40. The van der Waals surface area contributed by atoms with E-state index in [-0.39, 0.29) is 17.9 Å². The first kappa shape index (κ1) is 8.16. The summed E-state index contributed by atoms with van der Waals surface area (Å²) >= 11 is 0. The molecule has 0 aromatic carbocycles. The van der Waals surface area contributed by atoms with Gasteiger partial charge in [-0.25, -0.2) is 9.97 Å². The van der Waals surface area contributed by atoms with Crippen LogP contribution < -0.4 is 5.32 Å². The van der Waals surface area contributed by atoms with Gasteiger partial charge in [-0.1, -0.05) is 0 Å². The highest BCUT2D eigenvalue weighted by molar-refractivity contribution is 5.80. The number of carbonyl (C=O) groups excluding carboxylic acids is 1. The van der Waals surface area contributed by atoms with Crippen molar-refractivity contribution in [2.45, 2.75) is 25.3 Å². The zero-order valence-electron chi connectivity index (χ0n) is 7.40. The van der Waals surface area contributed by atoms with Crippen LogP contribution in [-0.2, 0) is 4.79 Å². The van der Waals surface area contributed by atoms with Gasteiger partial charge in [0.25, 0.3) is 0 Å². The molecule has 1 aromatic rings. The number of rotatable bonds is 1. The molecule has 2 rings (SSSR count). The number of nitrogens with one attached hydrogen (secondary N) is 1. The minimum Gasteiger partial charge on any atom is -0.353 e. The van der Waals surface area contributed by atoms with Gasteiger partial charge in [0.1, 0.15) is 6.33 Å². The third-order valence-electron chi connectivity index (χ3n) is 2.38. The van der Waals surface area contributed by atoms with Crippen LogP contribution in [0.3, 0.4) is 0 Å². The van der Waals surface area contributed by atoms with Gasteiger partial charge < -0.3 is 5.32 Å². The molecule has 1 saturated heterocycles. The lowest BCUT2D eigenvalue weighted by Crippen LogP contribution is -2.24. The average Bonchev–Trinajstić information content (AvgIpc) is 2.47. The van der Waals surface area contributed by atoms with Gasteiger partial charge >= 0.3 is 0 Å². The van der Waals surface area contributed by atoms with Crippen molar-refractivity contribution in [1.82, 2.24) is 15.3 Å². The van der Waals surface area contributed by atoms with Gasteiger partial charge in [0.15, 0.2) is 0 Å². The van der Waals surface area contributed by atoms with Crippen molar-refractivity contribution < 1.29 is 4.79 Å². The Kier molecular flexibility index (Phi) is 1.96. The smallest absolute Gasteiger partial charge is 0.220 e. The van der Waals surface area contributed by atoms with Crippen LogP contribution in [0.1, 0.15) is 25.0 Å². The molecular formula is C9H11N3O. The fourth-order valence-corrected chi connectivity index (χ4v) is 1.67. The summed E-state index contributed by atoms with van der Waals surface area (Å²) in [6, 6.07) is 2.05. The maximum atomic E-state index is 11.1. The molecule has 0 spiro atoms. The second-order valence-corrected chi connectivity index (χ2v) is 3.30. The lowest BCUT2D eigenvalue weighted by atomic mass is 9.98. The number of aromatic nitrogens is 2. The molecule has 4 heteroatoms. The van der Waals surface area contributed by atoms with Gasteiger partial charge in [-0.2, -0.15) is 0 Å². The van der Waals surface area contributed by atoms with Crippen molar-refractivity contribution in [3.8, 4) is 0 Å². The first-order chi connectivity index (χ1) is 6.27. The molecule has 13 heavy (non-hydrogen) atoms. The first-order valence-electron chi connectivity index (χ1n) is 4.32. The Hall–Kier alpha value is -1.45. The van der Waals surface area contributed by atoms with E-state index in [1.807, 2.05) is 13.0 Å². The van der Waals surface area contributed by atoms with Crippen molar-refractivity contribution in [3.63, 3.8) is 0 Å². The minimum absolute atomic E-state index is 0.108. The molecule has 0 radical (unpaired) electrons. The number of amides is 1. The topological polar surface area (TPSA) is 54.9 Å². The molecule has 1 aromatic heterocycles. The predicted molar refractivity (Wildman–Crippen MR) is 47.0 cm³/mol. The van der Waals surface area contributed by atoms with E-state index in [9.17, 15) is 4.79 Å². The Balaban J connectivity index is 2.23. The van der Waals surface area contributed by atoms with Crippen LogP contribution >= 0.6 is 0 Å². The van der Waals surface area contributed by atoms with Crippen molar-refractivity contribution in [3.05, 3.63) is 24.3 Å². The number of nitrogens with zero attached hydrogens (tertiary/aromatic N) is 2. The second-order valence-electron chi connectivity index (χ2n) is 3.30. The fourth-order valence-electron chi connectivity index (χ4n) is 1.67. The quantitative estimate of drug-likeness (QED) is 0.678. The van der Waals surface area contributed by atoms with Crippen LogP contribution in [0.4, 0.5) is 0 Å². The van der Waals surface area contributed by atoms with Crippen molar-refractivity contribution in [2.75, 3.05) is 0 Å². The van der Waals surface area contributed by atoms with E-state index >= 15 is 0 Å². The molecule has 2 atom stereocenters. The highest BCUT2D eigenvalue weighted by Gasteiger charge is 2.30.